The SMILES string of the molecule is CC(=O)Nc1ccc(NC(=O)COC(=O)c2cccc(OCc3c(C)noc3C)c2)cc1. The topological polar surface area (TPSA) is 120 Å². The molecule has 0 saturated carbocycles. The normalized spacial score (nSPS) is 10.3. The fourth-order valence-electron chi connectivity index (χ4n) is 2.83. The van der Waals surface area contributed by atoms with Gasteiger partial charge in [-0.25, -0.2) is 4.79 Å². The van der Waals surface area contributed by atoms with Crippen LogP contribution in [0.5, 0.6) is 5.75 Å². The highest BCUT2D eigenvalue weighted by Crippen LogP contribution is 2.19. The third-order valence-electron chi connectivity index (χ3n) is 4.46. The van der Waals surface area contributed by atoms with Gasteiger partial charge in [-0.05, 0) is 56.3 Å². The lowest BCUT2D eigenvalue weighted by molar-refractivity contribution is -0.119. The molecule has 32 heavy (non-hydrogen) atoms. The lowest BCUT2D eigenvalue weighted by atomic mass is 10.2. The van der Waals surface area contributed by atoms with Crippen LogP contribution in [0.15, 0.2) is 53.1 Å². The van der Waals surface area contributed by atoms with Crippen LogP contribution in [-0.2, 0) is 20.9 Å². The largest absolute Gasteiger partial charge is 0.489 e. The lowest BCUT2D eigenvalue weighted by Crippen LogP contribution is -2.21. The predicted octanol–water partition coefficient (Wildman–Crippen LogP) is 3.62. The van der Waals surface area contributed by atoms with Gasteiger partial charge in [-0.1, -0.05) is 11.2 Å². The van der Waals surface area contributed by atoms with E-state index in [0.29, 0.717) is 22.9 Å². The Kier molecular flexibility index (Phi) is 7.22. The Morgan fingerprint density at radius 2 is 1.69 bits per heavy atom. The first-order valence-corrected chi connectivity index (χ1v) is 9.81. The number of hydrogen-bond acceptors (Lipinski definition) is 7. The minimum absolute atomic E-state index is 0.188. The Labute approximate surface area is 184 Å². The van der Waals surface area contributed by atoms with Crippen LogP contribution >= 0.6 is 0 Å². The van der Waals surface area contributed by atoms with Gasteiger partial charge in [0.1, 0.15) is 18.1 Å². The Hall–Kier alpha value is -4.14. The number of hydrogen-bond donors (Lipinski definition) is 2. The second-order valence-corrected chi connectivity index (χ2v) is 7.00. The van der Waals surface area contributed by atoms with Gasteiger partial charge in [0.25, 0.3) is 5.91 Å². The van der Waals surface area contributed by atoms with Gasteiger partial charge in [-0.15, -0.1) is 0 Å². The highest BCUT2D eigenvalue weighted by Gasteiger charge is 2.13. The molecule has 0 spiro atoms. The molecule has 0 atom stereocenters. The van der Waals surface area contributed by atoms with Crippen LogP contribution < -0.4 is 15.4 Å². The number of carbonyl (C=O) groups is 3. The Morgan fingerprint density at radius 3 is 2.31 bits per heavy atom. The van der Waals surface area contributed by atoms with E-state index >= 15 is 0 Å². The van der Waals surface area contributed by atoms with Crippen LogP contribution in [0.3, 0.4) is 0 Å². The predicted molar refractivity (Wildman–Crippen MR) is 116 cm³/mol. The number of ether oxygens (including phenoxy) is 2. The minimum Gasteiger partial charge on any atom is -0.489 e. The third kappa shape index (κ3) is 6.18. The van der Waals surface area contributed by atoms with E-state index in [1.165, 1.54) is 6.92 Å². The fourth-order valence-corrected chi connectivity index (χ4v) is 2.83. The average Bonchev–Trinajstić information content (AvgIpc) is 3.09. The van der Waals surface area contributed by atoms with Gasteiger partial charge in [-0.3, -0.25) is 9.59 Å². The van der Waals surface area contributed by atoms with E-state index in [-0.39, 0.29) is 18.1 Å². The molecule has 0 aliphatic carbocycles. The van der Waals surface area contributed by atoms with Crippen molar-refractivity contribution in [3.8, 4) is 5.75 Å². The number of esters is 1. The van der Waals surface area contributed by atoms with Gasteiger partial charge >= 0.3 is 5.97 Å². The molecule has 3 rings (SSSR count). The number of nitrogens with one attached hydrogen (secondary N) is 2. The van der Waals surface area contributed by atoms with Gasteiger partial charge in [0.05, 0.1) is 16.8 Å². The van der Waals surface area contributed by atoms with Crippen molar-refractivity contribution in [1.82, 2.24) is 5.16 Å². The van der Waals surface area contributed by atoms with E-state index in [1.807, 2.05) is 6.92 Å². The molecule has 0 aliphatic rings. The quantitative estimate of drug-likeness (QED) is 0.517. The van der Waals surface area contributed by atoms with E-state index in [9.17, 15) is 14.4 Å². The van der Waals surface area contributed by atoms with Crippen molar-refractivity contribution < 1.29 is 28.4 Å². The molecule has 0 aliphatic heterocycles. The van der Waals surface area contributed by atoms with Gasteiger partial charge in [0.2, 0.25) is 5.91 Å². The molecule has 1 heterocycles. The van der Waals surface area contributed by atoms with Crippen LogP contribution in [0.25, 0.3) is 0 Å². The number of benzene rings is 2. The number of carbonyl (C=O) groups excluding carboxylic acids is 3. The summed E-state index contributed by atoms with van der Waals surface area (Å²) in [4.78, 5) is 35.4. The molecule has 1 aromatic heterocycles. The highest BCUT2D eigenvalue weighted by molar-refractivity contribution is 5.96. The standard InChI is InChI=1S/C23H23N3O6/c1-14-21(15(2)32-26-14)12-30-20-6-4-5-17(11-20)23(29)31-13-22(28)25-19-9-7-18(8-10-19)24-16(3)27/h4-11H,12-13H2,1-3H3,(H,24,27)(H,25,28). The van der Waals surface area contributed by atoms with Crippen molar-refractivity contribution in [2.75, 3.05) is 17.2 Å². The molecule has 0 fully saturated rings. The zero-order valence-electron chi connectivity index (χ0n) is 17.9. The Bertz CT molecular complexity index is 1100. The molecule has 3 aromatic rings. The number of aromatic nitrogens is 1. The number of aryl methyl sites for hydroxylation is 2. The maximum atomic E-state index is 12.3. The van der Waals surface area contributed by atoms with Crippen molar-refractivity contribution in [3.05, 3.63) is 71.1 Å². The van der Waals surface area contributed by atoms with E-state index in [4.69, 9.17) is 14.0 Å². The van der Waals surface area contributed by atoms with Gasteiger partial charge < -0.3 is 24.6 Å². The first kappa shape index (κ1) is 22.5. The van der Waals surface area contributed by atoms with E-state index in [1.54, 1.807) is 55.5 Å². The smallest absolute Gasteiger partial charge is 0.338 e. The number of rotatable bonds is 8. The zero-order chi connectivity index (χ0) is 23.1. The van der Waals surface area contributed by atoms with Gasteiger partial charge in [0.15, 0.2) is 6.61 Å². The number of amides is 2. The zero-order valence-corrected chi connectivity index (χ0v) is 17.9. The molecule has 9 heteroatoms. The summed E-state index contributed by atoms with van der Waals surface area (Å²) in [5.41, 5.74) is 2.97. The molecule has 0 unspecified atom stereocenters. The molecular formula is C23H23N3O6. The molecule has 2 N–H and O–H groups in total. The van der Waals surface area contributed by atoms with Crippen molar-refractivity contribution >= 4 is 29.2 Å². The second kappa shape index (κ2) is 10.3. The van der Waals surface area contributed by atoms with E-state index < -0.39 is 18.5 Å². The molecule has 2 amide bonds. The summed E-state index contributed by atoms with van der Waals surface area (Å²) in [5.74, 6) is -0.177. The summed E-state index contributed by atoms with van der Waals surface area (Å²) >= 11 is 0. The maximum absolute atomic E-state index is 12.3. The van der Waals surface area contributed by atoms with Crippen molar-refractivity contribution in [3.63, 3.8) is 0 Å². The number of nitrogens with zero attached hydrogens (tertiary/aromatic N) is 1. The van der Waals surface area contributed by atoms with Crippen LogP contribution in [0.2, 0.25) is 0 Å². The first-order valence-electron chi connectivity index (χ1n) is 9.81. The molecule has 2 aromatic carbocycles. The summed E-state index contributed by atoms with van der Waals surface area (Å²) in [7, 11) is 0. The second-order valence-electron chi connectivity index (χ2n) is 7.00. The summed E-state index contributed by atoms with van der Waals surface area (Å²) in [6.07, 6.45) is 0. The summed E-state index contributed by atoms with van der Waals surface area (Å²) < 4.78 is 15.9. The van der Waals surface area contributed by atoms with Gasteiger partial charge in [-0.2, -0.15) is 0 Å². The highest BCUT2D eigenvalue weighted by atomic mass is 16.5. The summed E-state index contributed by atoms with van der Waals surface area (Å²) in [6.45, 7) is 4.84. The summed E-state index contributed by atoms with van der Waals surface area (Å²) in [5, 5.41) is 9.13. The fraction of sp³-hybridized carbons (Fsp3) is 0.217. The Morgan fingerprint density at radius 1 is 1.00 bits per heavy atom. The monoisotopic (exact) mass is 437 g/mol. The van der Waals surface area contributed by atoms with E-state index in [0.717, 1.165) is 11.3 Å². The molecule has 0 saturated heterocycles. The number of anilines is 2. The molecule has 0 radical (unpaired) electrons. The van der Waals surface area contributed by atoms with Gasteiger partial charge in [0, 0.05) is 18.3 Å². The summed E-state index contributed by atoms with van der Waals surface area (Å²) in [6, 6.07) is 13.1. The van der Waals surface area contributed by atoms with Crippen molar-refractivity contribution in [2.45, 2.75) is 27.4 Å². The lowest BCUT2D eigenvalue weighted by Gasteiger charge is -2.09. The first-order chi connectivity index (χ1) is 15.3. The van der Waals surface area contributed by atoms with Crippen LogP contribution in [-0.4, -0.2) is 29.5 Å². The molecule has 9 nitrogen and oxygen atoms in total. The van der Waals surface area contributed by atoms with E-state index in [2.05, 4.69) is 15.8 Å². The average molecular weight is 437 g/mol. The van der Waals surface area contributed by atoms with Crippen LogP contribution in [0.4, 0.5) is 11.4 Å². The molecule has 0 bridgehead atoms. The van der Waals surface area contributed by atoms with Crippen LogP contribution in [0, 0.1) is 13.8 Å². The molecule has 166 valence electrons. The molecular weight excluding hydrogens is 414 g/mol. The van der Waals surface area contributed by atoms with Crippen LogP contribution in [0.1, 0.15) is 34.3 Å². The third-order valence-corrected chi connectivity index (χ3v) is 4.46. The maximum Gasteiger partial charge on any atom is 0.338 e. The van der Waals surface area contributed by atoms with Crippen molar-refractivity contribution in [1.29, 1.82) is 0 Å². The minimum atomic E-state index is -0.649. The Balaban J connectivity index is 1.50. The van der Waals surface area contributed by atoms with Crippen molar-refractivity contribution in [2.24, 2.45) is 0 Å².